The Bertz CT molecular complexity index is 2220. The first-order chi connectivity index (χ1) is 30.2. The molecule has 1 aliphatic heterocycles. The third-order valence-electron chi connectivity index (χ3n) is 11.2. The predicted octanol–water partition coefficient (Wildman–Crippen LogP) is 6.39. The fourth-order valence-corrected chi connectivity index (χ4v) is 7.78. The van der Waals surface area contributed by atoms with Gasteiger partial charge in [0.25, 0.3) is 11.8 Å². The molecule has 5 rings (SSSR count). The number of amides is 3. The molecule has 13 heteroatoms. The summed E-state index contributed by atoms with van der Waals surface area (Å²) in [6.45, 7) is 8.91. The van der Waals surface area contributed by atoms with Crippen molar-refractivity contribution in [3.8, 4) is 0 Å². The first-order valence-corrected chi connectivity index (χ1v) is 21.0. The Morgan fingerprint density at radius 3 is 2.00 bits per heavy atom. The minimum absolute atomic E-state index is 0.00241. The van der Waals surface area contributed by atoms with Gasteiger partial charge < -0.3 is 35.7 Å². The lowest BCUT2D eigenvalue weighted by Crippen LogP contribution is -2.38. The average molecular weight is 859 g/mol. The summed E-state index contributed by atoms with van der Waals surface area (Å²) in [7, 11) is 2.88. The van der Waals surface area contributed by atoms with Crippen molar-refractivity contribution in [1.29, 1.82) is 0 Å². The van der Waals surface area contributed by atoms with E-state index in [1.54, 1.807) is 38.1 Å². The number of carbonyl (C=O) groups is 5. The van der Waals surface area contributed by atoms with Gasteiger partial charge in [-0.3, -0.25) is 24.1 Å². The van der Waals surface area contributed by atoms with Crippen LogP contribution in [0.2, 0.25) is 0 Å². The van der Waals surface area contributed by atoms with Crippen LogP contribution in [0.4, 0.5) is 4.79 Å². The number of fused-ring (bicyclic) bond motifs is 2. The van der Waals surface area contributed by atoms with Crippen molar-refractivity contribution < 1.29 is 43.3 Å². The number of aliphatic hydroxyl groups is 1. The lowest BCUT2D eigenvalue weighted by atomic mass is 9.85. The number of nitrogens with zero attached hydrogens (tertiary/aromatic N) is 1. The fraction of sp³-hybridized carbons (Fsp3) is 0.340. The standard InChI is InChI=1S/C50H58N4O9/c1-31-24-39-44(53-49(59)38-22-20-37(21-23-38)30-54(28-35-15-9-7-10-16-35)29-36-17-11-8-12-18-36)41(55)27-40(46(39)57)52-48(58)32(2)14-13-19-42(61-5)47(63-50(51)60)34(4)26-33(3)45(56)43(25-31)62-6/h7-23,26-27,31,33,42-43,45,47,56H,24-25,28-30H2,1-6H3,(H2,51,60)(H,52,58)(H,53,59)/b19-13-,32-14+,34-26+/t31-,33+,42+,43+,45-,47-/m1/s1. The average Bonchev–Trinajstić information content (AvgIpc) is 3.26. The second kappa shape index (κ2) is 22.7. The normalized spacial score (nSPS) is 25.0. The van der Waals surface area contributed by atoms with Crippen LogP contribution >= 0.6 is 0 Å². The zero-order valence-corrected chi connectivity index (χ0v) is 36.7. The van der Waals surface area contributed by atoms with Gasteiger partial charge in [-0.05, 0) is 67.0 Å². The van der Waals surface area contributed by atoms with Crippen LogP contribution in [0, 0.1) is 11.8 Å². The van der Waals surface area contributed by atoms with Crippen LogP contribution in [0.3, 0.4) is 0 Å². The largest absolute Gasteiger partial charge is 0.439 e. The fourth-order valence-electron chi connectivity index (χ4n) is 7.78. The van der Waals surface area contributed by atoms with E-state index < -0.39 is 59.8 Å². The topological polar surface area (TPSA) is 187 Å². The third kappa shape index (κ3) is 13.4. The molecule has 5 N–H and O–H groups in total. The molecule has 6 atom stereocenters. The number of carbonyl (C=O) groups excluding carboxylic acids is 5. The predicted molar refractivity (Wildman–Crippen MR) is 239 cm³/mol. The number of ether oxygens (including phenoxy) is 3. The molecular formula is C50H58N4O9. The Labute approximate surface area is 369 Å². The number of nitrogens with two attached hydrogens (primary N) is 1. The highest BCUT2D eigenvalue weighted by molar-refractivity contribution is 6.24. The van der Waals surface area contributed by atoms with Gasteiger partial charge in [0.15, 0.2) is 6.10 Å². The van der Waals surface area contributed by atoms with Crippen LogP contribution in [0.5, 0.6) is 0 Å². The highest BCUT2D eigenvalue weighted by Gasteiger charge is 2.34. The molecule has 1 heterocycles. The summed E-state index contributed by atoms with van der Waals surface area (Å²) >= 11 is 0. The smallest absolute Gasteiger partial charge is 0.405 e. The SMILES string of the molecule is CO[C@H]1/C=C\C=C(/C)C(=O)NC2=CC(=O)C(NC(=O)c3ccc(CN(Cc4ccccc4)Cc4ccccc4)cc3)=C(C[C@@H](C)C[C@H](OC)[C@H](O)[C@@H](C)/C=C(\C)[C@H]1OC(N)=O)C2=O. The van der Waals surface area contributed by atoms with Crippen LogP contribution in [0.25, 0.3) is 0 Å². The van der Waals surface area contributed by atoms with E-state index >= 15 is 0 Å². The maximum Gasteiger partial charge on any atom is 0.405 e. The zero-order valence-electron chi connectivity index (χ0n) is 36.7. The Hall–Kier alpha value is -6.25. The second-order valence-electron chi connectivity index (χ2n) is 16.2. The van der Waals surface area contributed by atoms with E-state index in [1.807, 2.05) is 55.5 Å². The molecule has 0 fully saturated rings. The van der Waals surface area contributed by atoms with Crippen molar-refractivity contribution in [2.24, 2.45) is 17.6 Å². The molecule has 3 amide bonds. The molecule has 332 valence electrons. The van der Waals surface area contributed by atoms with E-state index in [2.05, 4.69) is 39.8 Å². The number of methoxy groups -OCH3 is 2. The number of hydrogen-bond donors (Lipinski definition) is 4. The maximum absolute atomic E-state index is 14.2. The maximum atomic E-state index is 14.2. The van der Waals surface area contributed by atoms with E-state index in [-0.39, 0.29) is 46.9 Å². The zero-order chi connectivity index (χ0) is 45.6. The summed E-state index contributed by atoms with van der Waals surface area (Å²) in [5.41, 5.74) is 9.33. The highest BCUT2D eigenvalue weighted by atomic mass is 16.6. The molecule has 63 heavy (non-hydrogen) atoms. The minimum Gasteiger partial charge on any atom is -0.439 e. The van der Waals surface area contributed by atoms with Gasteiger partial charge in [0.1, 0.15) is 6.10 Å². The van der Waals surface area contributed by atoms with Gasteiger partial charge in [-0.2, -0.15) is 0 Å². The van der Waals surface area contributed by atoms with Crippen molar-refractivity contribution in [3.05, 3.63) is 166 Å². The summed E-state index contributed by atoms with van der Waals surface area (Å²) < 4.78 is 16.8. The van der Waals surface area contributed by atoms with Crippen molar-refractivity contribution in [1.82, 2.24) is 15.5 Å². The Morgan fingerprint density at radius 2 is 1.44 bits per heavy atom. The number of benzene rings is 3. The number of allylic oxidation sites excluding steroid dienone is 4. The van der Waals surface area contributed by atoms with Crippen molar-refractivity contribution in [2.75, 3.05) is 14.2 Å². The number of rotatable bonds is 11. The summed E-state index contributed by atoms with van der Waals surface area (Å²) in [5, 5.41) is 16.8. The Balaban J connectivity index is 1.42. The van der Waals surface area contributed by atoms with Crippen LogP contribution < -0.4 is 16.4 Å². The van der Waals surface area contributed by atoms with Crippen LogP contribution in [0.1, 0.15) is 67.6 Å². The molecular weight excluding hydrogens is 801 g/mol. The first kappa shape index (κ1) is 47.8. The lowest BCUT2D eigenvalue weighted by Gasteiger charge is -2.30. The molecule has 0 saturated heterocycles. The molecule has 2 bridgehead atoms. The quantitative estimate of drug-likeness (QED) is 0.124. The summed E-state index contributed by atoms with van der Waals surface area (Å²) in [6.07, 6.45) is 2.97. The van der Waals surface area contributed by atoms with Gasteiger partial charge in [-0.15, -0.1) is 0 Å². The van der Waals surface area contributed by atoms with Gasteiger partial charge in [0.05, 0.1) is 23.6 Å². The number of primary amides is 1. The van der Waals surface area contributed by atoms with Crippen LogP contribution in [-0.2, 0) is 48.2 Å². The van der Waals surface area contributed by atoms with E-state index in [1.165, 1.54) is 44.4 Å². The lowest BCUT2D eigenvalue weighted by molar-refractivity contribution is -0.120. The third-order valence-corrected chi connectivity index (χ3v) is 11.2. The summed E-state index contributed by atoms with van der Waals surface area (Å²) in [4.78, 5) is 69.5. The van der Waals surface area contributed by atoms with Crippen molar-refractivity contribution in [2.45, 2.75) is 84.6 Å². The van der Waals surface area contributed by atoms with E-state index in [0.717, 1.165) is 24.7 Å². The molecule has 0 aromatic heterocycles. The van der Waals surface area contributed by atoms with Gasteiger partial charge in [-0.1, -0.05) is 111 Å². The van der Waals surface area contributed by atoms with Crippen molar-refractivity contribution >= 4 is 29.5 Å². The Kier molecular flexibility index (Phi) is 17.2. The molecule has 0 spiro atoms. The second-order valence-corrected chi connectivity index (χ2v) is 16.2. The highest BCUT2D eigenvalue weighted by Crippen LogP contribution is 2.29. The summed E-state index contributed by atoms with van der Waals surface area (Å²) in [5.74, 6) is -3.42. The van der Waals surface area contributed by atoms with E-state index in [0.29, 0.717) is 12.1 Å². The molecule has 3 aromatic rings. The number of Topliss-reactive ketones (excluding diaryl/α,β-unsaturated/α-hetero) is 1. The Morgan fingerprint density at radius 1 is 0.857 bits per heavy atom. The summed E-state index contributed by atoms with van der Waals surface area (Å²) in [6, 6.07) is 27.5. The van der Waals surface area contributed by atoms with Gasteiger partial charge in [0, 0.05) is 62.6 Å². The van der Waals surface area contributed by atoms with Crippen molar-refractivity contribution in [3.63, 3.8) is 0 Å². The molecule has 13 nitrogen and oxygen atoms in total. The minimum atomic E-state index is -1.05. The van der Waals surface area contributed by atoms with E-state index in [9.17, 15) is 29.1 Å². The first-order valence-electron chi connectivity index (χ1n) is 21.0. The van der Waals surface area contributed by atoms with Gasteiger partial charge >= 0.3 is 6.09 Å². The molecule has 0 radical (unpaired) electrons. The molecule has 1 aliphatic carbocycles. The van der Waals surface area contributed by atoms with Crippen LogP contribution in [0.15, 0.2) is 143 Å². The molecule has 3 aromatic carbocycles. The number of ketones is 2. The van der Waals surface area contributed by atoms with Crippen LogP contribution in [-0.4, -0.2) is 78.1 Å². The monoisotopic (exact) mass is 858 g/mol. The van der Waals surface area contributed by atoms with Gasteiger partial charge in [0.2, 0.25) is 11.6 Å². The molecule has 2 aliphatic rings. The number of nitrogens with one attached hydrogen (secondary N) is 2. The molecule has 0 unspecified atom stereocenters. The van der Waals surface area contributed by atoms with E-state index in [4.69, 9.17) is 19.9 Å². The number of hydrogen-bond acceptors (Lipinski definition) is 10. The molecule has 0 saturated carbocycles. The van der Waals surface area contributed by atoms with Gasteiger partial charge in [-0.25, -0.2) is 4.79 Å². The number of aliphatic hydroxyl groups excluding tert-OH is 1.